The normalized spacial score (nSPS) is 10.6. The summed E-state index contributed by atoms with van der Waals surface area (Å²) < 4.78 is 16.1. The highest BCUT2D eigenvalue weighted by molar-refractivity contribution is 5.96. The summed E-state index contributed by atoms with van der Waals surface area (Å²) in [5.41, 5.74) is 1.88. The number of aromatic nitrogens is 1. The summed E-state index contributed by atoms with van der Waals surface area (Å²) in [5.74, 6) is 1.90. The van der Waals surface area contributed by atoms with Gasteiger partial charge in [0.2, 0.25) is 0 Å². The van der Waals surface area contributed by atoms with Gasteiger partial charge in [-0.3, -0.25) is 4.79 Å². The molecule has 0 saturated heterocycles. The zero-order valence-corrected chi connectivity index (χ0v) is 13.5. The molecule has 6 heteroatoms. The van der Waals surface area contributed by atoms with Crippen molar-refractivity contribution in [3.63, 3.8) is 0 Å². The summed E-state index contributed by atoms with van der Waals surface area (Å²) in [6.45, 7) is 2.55. The van der Waals surface area contributed by atoms with E-state index in [-0.39, 0.29) is 5.91 Å². The van der Waals surface area contributed by atoms with E-state index in [4.69, 9.17) is 13.9 Å². The molecule has 1 amide bonds. The molecule has 0 spiro atoms. The molecular formula is C18H18N2O4. The molecule has 0 aliphatic rings. The molecule has 1 N–H and O–H groups in total. The molecule has 124 valence electrons. The van der Waals surface area contributed by atoms with Crippen molar-refractivity contribution >= 4 is 17.0 Å². The number of nitrogens with one attached hydrogen (secondary N) is 1. The van der Waals surface area contributed by atoms with Crippen LogP contribution in [0.25, 0.3) is 11.1 Å². The van der Waals surface area contributed by atoms with Crippen LogP contribution in [-0.2, 0) is 0 Å². The Morgan fingerprint density at radius 1 is 1.17 bits per heavy atom. The summed E-state index contributed by atoms with van der Waals surface area (Å²) in [6.07, 6.45) is 0. The largest absolute Gasteiger partial charge is 0.497 e. The van der Waals surface area contributed by atoms with Gasteiger partial charge in [0.15, 0.2) is 11.5 Å². The quantitative estimate of drug-likeness (QED) is 0.705. The first-order chi connectivity index (χ1) is 11.7. The molecule has 6 nitrogen and oxygen atoms in total. The van der Waals surface area contributed by atoms with Crippen LogP contribution < -0.4 is 14.8 Å². The number of aryl methyl sites for hydroxylation is 1. The van der Waals surface area contributed by atoms with Gasteiger partial charge in [0.25, 0.3) is 5.91 Å². The molecule has 0 aliphatic heterocycles. The molecule has 1 heterocycles. The maximum Gasteiger partial charge on any atom is 0.251 e. The molecule has 0 radical (unpaired) electrons. The van der Waals surface area contributed by atoms with E-state index in [1.54, 1.807) is 32.2 Å². The lowest BCUT2D eigenvalue weighted by Gasteiger charge is -2.08. The summed E-state index contributed by atoms with van der Waals surface area (Å²) >= 11 is 0. The van der Waals surface area contributed by atoms with E-state index in [2.05, 4.69) is 10.3 Å². The van der Waals surface area contributed by atoms with Crippen molar-refractivity contribution < 1.29 is 18.7 Å². The molecule has 0 unspecified atom stereocenters. The van der Waals surface area contributed by atoms with Gasteiger partial charge < -0.3 is 19.2 Å². The second-order valence-electron chi connectivity index (χ2n) is 5.20. The van der Waals surface area contributed by atoms with E-state index >= 15 is 0 Å². The van der Waals surface area contributed by atoms with Crippen LogP contribution in [-0.4, -0.2) is 31.2 Å². The number of ether oxygens (including phenoxy) is 2. The van der Waals surface area contributed by atoms with Crippen molar-refractivity contribution in [2.45, 2.75) is 6.92 Å². The predicted molar refractivity (Wildman–Crippen MR) is 89.6 cm³/mol. The van der Waals surface area contributed by atoms with Gasteiger partial charge in [-0.15, -0.1) is 0 Å². The van der Waals surface area contributed by atoms with Gasteiger partial charge in [0, 0.05) is 12.5 Å². The van der Waals surface area contributed by atoms with E-state index in [0.29, 0.717) is 30.2 Å². The lowest BCUT2D eigenvalue weighted by molar-refractivity contribution is 0.0947. The summed E-state index contributed by atoms with van der Waals surface area (Å²) in [7, 11) is 1.61. The zero-order chi connectivity index (χ0) is 16.9. The van der Waals surface area contributed by atoms with E-state index in [1.165, 1.54) is 0 Å². The minimum atomic E-state index is -0.177. The molecule has 0 saturated carbocycles. The second-order valence-corrected chi connectivity index (χ2v) is 5.20. The van der Waals surface area contributed by atoms with Gasteiger partial charge in [-0.2, -0.15) is 0 Å². The number of nitrogens with zero attached hydrogens (tertiary/aromatic N) is 1. The van der Waals surface area contributed by atoms with E-state index in [0.717, 1.165) is 17.0 Å². The maximum atomic E-state index is 12.1. The van der Waals surface area contributed by atoms with Gasteiger partial charge in [-0.25, -0.2) is 4.98 Å². The van der Waals surface area contributed by atoms with Crippen LogP contribution in [0.1, 0.15) is 16.2 Å². The van der Waals surface area contributed by atoms with Crippen molar-refractivity contribution in [1.82, 2.24) is 10.3 Å². The van der Waals surface area contributed by atoms with Crippen LogP contribution in [0.3, 0.4) is 0 Å². The van der Waals surface area contributed by atoms with Crippen molar-refractivity contribution in [3.8, 4) is 11.5 Å². The third kappa shape index (κ3) is 3.65. The third-order valence-electron chi connectivity index (χ3n) is 3.47. The van der Waals surface area contributed by atoms with Crippen molar-refractivity contribution in [3.05, 3.63) is 53.9 Å². The van der Waals surface area contributed by atoms with Crippen LogP contribution in [0.5, 0.6) is 11.5 Å². The molecule has 3 aromatic rings. The van der Waals surface area contributed by atoms with Crippen LogP contribution >= 0.6 is 0 Å². The monoisotopic (exact) mass is 326 g/mol. The van der Waals surface area contributed by atoms with E-state index in [9.17, 15) is 4.79 Å². The molecule has 2 aromatic carbocycles. The zero-order valence-electron chi connectivity index (χ0n) is 13.5. The Kier molecular flexibility index (Phi) is 4.65. The van der Waals surface area contributed by atoms with Crippen LogP contribution in [0.4, 0.5) is 0 Å². The maximum absolute atomic E-state index is 12.1. The topological polar surface area (TPSA) is 73.6 Å². The lowest BCUT2D eigenvalue weighted by atomic mass is 10.2. The molecule has 24 heavy (non-hydrogen) atoms. The number of oxazole rings is 1. The first-order valence-electron chi connectivity index (χ1n) is 7.58. The van der Waals surface area contributed by atoms with Crippen molar-refractivity contribution in [2.24, 2.45) is 0 Å². The minimum absolute atomic E-state index is 0.177. The average molecular weight is 326 g/mol. The number of hydrogen-bond acceptors (Lipinski definition) is 5. The molecule has 0 aliphatic carbocycles. The number of carbonyl (C=O) groups excluding carboxylic acids is 1. The van der Waals surface area contributed by atoms with Crippen LogP contribution in [0.2, 0.25) is 0 Å². The first-order valence-corrected chi connectivity index (χ1v) is 7.58. The Morgan fingerprint density at radius 2 is 1.92 bits per heavy atom. The van der Waals surface area contributed by atoms with Gasteiger partial charge in [0.05, 0.1) is 13.7 Å². The number of rotatable bonds is 6. The first kappa shape index (κ1) is 15.9. The molecular weight excluding hydrogens is 308 g/mol. The van der Waals surface area contributed by atoms with Gasteiger partial charge in [-0.05, 0) is 42.5 Å². The smallest absolute Gasteiger partial charge is 0.251 e. The lowest BCUT2D eigenvalue weighted by Crippen LogP contribution is -2.28. The number of fused-ring (bicyclic) bond motifs is 1. The van der Waals surface area contributed by atoms with Gasteiger partial charge in [-0.1, -0.05) is 0 Å². The number of methoxy groups -OCH3 is 1. The third-order valence-corrected chi connectivity index (χ3v) is 3.47. The predicted octanol–water partition coefficient (Wildman–Crippen LogP) is 2.95. The van der Waals surface area contributed by atoms with E-state index in [1.807, 2.05) is 24.3 Å². The number of carbonyl (C=O) groups is 1. The fraction of sp³-hybridized carbons (Fsp3) is 0.222. The highest BCUT2D eigenvalue weighted by Crippen LogP contribution is 2.17. The fourth-order valence-electron chi connectivity index (χ4n) is 2.29. The fourth-order valence-corrected chi connectivity index (χ4v) is 2.29. The van der Waals surface area contributed by atoms with Crippen LogP contribution in [0.15, 0.2) is 46.9 Å². The number of amides is 1. The average Bonchev–Trinajstić information content (AvgIpc) is 2.98. The SMILES string of the molecule is COc1ccc(OCCNC(=O)c2ccc3nc(C)oc3c2)cc1. The Labute approximate surface area is 139 Å². The second kappa shape index (κ2) is 7.04. The van der Waals surface area contributed by atoms with Gasteiger partial charge in [0.1, 0.15) is 23.6 Å². The summed E-state index contributed by atoms with van der Waals surface area (Å²) in [4.78, 5) is 16.4. The highest BCUT2D eigenvalue weighted by atomic mass is 16.5. The Bertz CT molecular complexity index is 840. The number of hydrogen-bond donors (Lipinski definition) is 1. The van der Waals surface area contributed by atoms with E-state index < -0.39 is 0 Å². The Morgan fingerprint density at radius 3 is 2.67 bits per heavy atom. The van der Waals surface area contributed by atoms with Crippen LogP contribution in [0, 0.1) is 6.92 Å². The Balaban J connectivity index is 1.50. The minimum Gasteiger partial charge on any atom is -0.497 e. The number of benzene rings is 2. The van der Waals surface area contributed by atoms with Crippen molar-refractivity contribution in [1.29, 1.82) is 0 Å². The van der Waals surface area contributed by atoms with Gasteiger partial charge >= 0.3 is 0 Å². The molecule has 0 fully saturated rings. The van der Waals surface area contributed by atoms with Crippen molar-refractivity contribution in [2.75, 3.05) is 20.3 Å². The molecule has 0 atom stereocenters. The molecule has 1 aromatic heterocycles. The highest BCUT2D eigenvalue weighted by Gasteiger charge is 2.09. The molecule has 0 bridgehead atoms. The standard InChI is InChI=1S/C18H18N2O4/c1-12-20-16-8-3-13(11-17(16)24-12)18(21)19-9-10-23-15-6-4-14(22-2)5-7-15/h3-8,11H,9-10H2,1-2H3,(H,19,21). The Hall–Kier alpha value is -3.02. The summed E-state index contributed by atoms with van der Waals surface area (Å²) in [6, 6.07) is 12.5. The molecule has 3 rings (SSSR count). The summed E-state index contributed by atoms with van der Waals surface area (Å²) in [5, 5.41) is 2.81.